The van der Waals surface area contributed by atoms with Gasteiger partial charge < -0.3 is 15.1 Å². The van der Waals surface area contributed by atoms with E-state index in [4.69, 9.17) is 5.26 Å². The topological polar surface area (TPSA) is 59.4 Å². The van der Waals surface area contributed by atoms with E-state index in [1.807, 2.05) is 29.2 Å². The smallest absolute Gasteiger partial charge is 0.258 e. The summed E-state index contributed by atoms with van der Waals surface area (Å²) in [6.07, 6.45) is 2.51. The number of hydrogen-bond acceptors (Lipinski definition) is 4. The van der Waals surface area contributed by atoms with Crippen LogP contribution < -0.4 is 10.2 Å². The molecule has 1 fully saturated rings. The Morgan fingerprint density at radius 2 is 2.04 bits per heavy atom. The molecule has 0 aromatic heterocycles. The molecule has 5 heteroatoms. The Morgan fingerprint density at radius 1 is 1.25 bits per heavy atom. The Bertz CT molecular complexity index is 928. The van der Waals surface area contributed by atoms with Crippen molar-refractivity contribution in [2.75, 3.05) is 23.3 Å². The monoisotopic (exact) mass is 374 g/mol. The number of hydrogen-bond donors (Lipinski definition) is 1. The van der Waals surface area contributed by atoms with E-state index in [2.05, 4.69) is 48.3 Å². The Hall–Kier alpha value is -3.00. The van der Waals surface area contributed by atoms with Crippen LogP contribution in [0.25, 0.3) is 0 Å². The first kappa shape index (κ1) is 18.4. The summed E-state index contributed by atoms with van der Waals surface area (Å²) in [4.78, 5) is 17.4. The van der Waals surface area contributed by atoms with Crippen molar-refractivity contribution in [3.05, 3.63) is 59.2 Å². The van der Waals surface area contributed by atoms with E-state index in [0.29, 0.717) is 12.5 Å². The number of para-hydroxylation sites is 1. The zero-order chi connectivity index (χ0) is 19.7. The summed E-state index contributed by atoms with van der Waals surface area (Å²) in [6.45, 7) is 5.80. The van der Waals surface area contributed by atoms with E-state index in [1.165, 1.54) is 0 Å². The molecule has 1 heterocycles. The van der Waals surface area contributed by atoms with Crippen LogP contribution in [0.3, 0.4) is 0 Å². The largest absolute Gasteiger partial charge is 0.371 e. The number of amides is 1. The van der Waals surface area contributed by atoms with Crippen molar-refractivity contribution in [1.82, 2.24) is 4.90 Å². The quantitative estimate of drug-likeness (QED) is 0.811. The number of nitrogens with zero attached hydrogens (tertiary/aromatic N) is 3. The number of anilines is 2. The van der Waals surface area contributed by atoms with Crippen LogP contribution in [0.2, 0.25) is 0 Å². The number of rotatable bonds is 6. The van der Waals surface area contributed by atoms with E-state index < -0.39 is 0 Å². The molecule has 4 rings (SSSR count). The van der Waals surface area contributed by atoms with Crippen LogP contribution in [0.1, 0.15) is 53.8 Å². The van der Waals surface area contributed by atoms with Gasteiger partial charge in [0.15, 0.2) is 0 Å². The first-order valence-electron chi connectivity index (χ1n) is 10.0. The molecule has 2 aliphatic rings. The second-order valence-electron chi connectivity index (χ2n) is 7.56. The minimum absolute atomic E-state index is 0.120. The highest BCUT2D eigenvalue weighted by Gasteiger charge is 2.42. The minimum Gasteiger partial charge on any atom is -0.371 e. The van der Waals surface area contributed by atoms with Crippen molar-refractivity contribution in [3.8, 4) is 6.07 Å². The van der Waals surface area contributed by atoms with Gasteiger partial charge in [-0.05, 0) is 62.1 Å². The van der Waals surface area contributed by atoms with Crippen molar-refractivity contribution in [2.24, 2.45) is 0 Å². The molecular formula is C23H26N4O. The van der Waals surface area contributed by atoms with Gasteiger partial charge in [-0.25, -0.2) is 0 Å². The predicted octanol–water partition coefficient (Wildman–Crippen LogP) is 4.46. The Labute approximate surface area is 166 Å². The third-order valence-corrected chi connectivity index (χ3v) is 5.69. The third kappa shape index (κ3) is 3.31. The van der Waals surface area contributed by atoms with Gasteiger partial charge in [-0.2, -0.15) is 5.26 Å². The van der Waals surface area contributed by atoms with E-state index >= 15 is 0 Å². The summed E-state index contributed by atoms with van der Waals surface area (Å²) >= 11 is 0. The highest BCUT2D eigenvalue weighted by molar-refractivity contribution is 6.02. The molecule has 1 aliphatic heterocycles. The van der Waals surface area contributed by atoms with Crippen molar-refractivity contribution in [1.29, 1.82) is 5.26 Å². The molecule has 0 unspecified atom stereocenters. The molecule has 1 saturated carbocycles. The molecule has 1 amide bonds. The van der Waals surface area contributed by atoms with Crippen LogP contribution in [-0.4, -0.2) is 29.9 Å². The Balaban J connectivity index is 1.68. The minimum atomic E-state index is -0.141. The molecule has 144 valence electrons. The molecule has 1 aliphatic carbocycles. The van der Waals surface area contributed by atoms with Gasteiger partial charge >= 0.3 is 0 Å². The lowest BCUT2D eigenvalue weighted by Gasteiger charge is -2.39. The lowest BCUT2D eigenvalue weighted by Crippen LogP contribution is -2.44. The summed E-state index contributed by atoms with van der Waals surface area (Å²) in [5, 5.41) is 12.5. The molecule has 0 radical (unpaired) electrons. The lowest BCUT2D eigenvalue weighted by molar-refractivity contribution is 0.0666. The second-order valence-corrected chi connectivity index (χ2v) is 7.56. The van der Waals surface area contributed by atoms with Crippen molar-refractivity contribution in [2.45, 2.75) is 45.3 Å². The Kier molecular flexibility index (Phi) is 4.95. The van der Waals surface area contributed by atoms with E-state index in [0.717, 1.165) is 54.0 Å². The molecule has 0 bridgehead atoms. The van der Waals surface area contributed by atoms with Crippen LogP contribution in [0.4, 0.5) is 11.4 Å². The number of nitrogens with one attached hydrogen (secondary N) is 1. The maximum atomic E-state index is 13.2. The fraction of sp³-hybridized carbons (Fsp3) is 0.391. The molecule has 0 saturated heterocycles. The summed E-state index contributed by atoms with van der Waals surface area (Å²) in [7, 11) is 0. The maximum Gasteiger partial charge on any atom is 0.258 e. The second kappa shape index (κ2) is 7.55. The van der Waals surface area contributed by atoms with Crippen molar-refractivity contribution < 1.29 is 4.79 Å². The fourth-order valence-electron chi connectivity index (χ4n) is 4.04. The van der Waals surface area contributed by atoms with E-state index in [9.17, 15) is 4.79 Å². The molecular weight excluding hydrogens is 348 g/mol. The summed E-state index contributed by atoms with van der Waals surface area (Å²) in [5.41, 5.74) is 5.08. The number of aryl methyl sites for hydroxylation is 1. The zero-order valence-electron chi connectivity index (χ0n) is 16.5. The predicted molar refractivity (Wildman–Crippen MR) is 111 cm³/mol. The number of nitriles is 1. The van der Waals surface area contributed by atoms with Crippen LogP contribution in [0.15, 0.2) is 42.5 Å². The van der Waals surface area contributed by atoms with Gasteiger partial charge in [-0.15, -0.1) is 0 Å². The third-order valence-electron chi connectivity index (χ3n) is 5.69. The van der Waals surface area contributed by atoms with Gasteiger partial charge in [0.25, 0.3) is 5.91 Å². The van der Waals surface area contributed by atoms with Crippen LogP contribution >= 0.6 is 0 Å². The number of benzene rings is 2. The van der Waals surface area contributed by atoms with Gasteiger partial charge in [0, 0.05) is 30.5 Å². The number of fused-ring (bicyclic) bond motifs is 1. The van der Waals surface area contributed by atoms with Crippen molar-refractivity contribution in [3.63, 3.8) is 0 Å². The molecule has 28 heavy (non-hydrogen) atoms. The SMILES string of the molecule is CCN(CCC#N)c1ccc([C@H]2Nc3ccccc3C(=O)N2C2CC2)c(C)c1. The molecule has 1 atom stereocenters. The molecule has 2 aromatic rings. The average molecular weight is 374 g/mol. The van der Waals surface area contributed by atoms with Crippen molar-refractivity contribution >= 4 is 17.3 Å². The highest BCUT2D eigenvalue weighted by atomic mass is 16.2. The van der Waals surface area contributed by atoms with Crippen LogP contribution in [0.5, 0.6) is 0 Å². The first-order valence-corrected chi connectivity index (χ1v) is 10.0. The normalized spacial score (nSPS) is 18.2. The van der Waals surface area contributed by atoms with Gasteiger partial charge in [0.05, 0.1) is 18.1 Å². The van der Waals surface area contributed by atoms with Crippen LogP contribution in [-0.2, 0) is 0 Å². The van der Waals surface area contributed by atoms with E-state index in [1.54, 1.807) is 0 Å². The van der Waals surface area contributed by atoms with Gasteiger partial charge in [-0.1, -0.05) is 18.2 Å². The average Bonchev–Trinajstić information content (AvgIpc) is 3.53. The molecule has 5 nitrogen and oxygen atoms in total. The fourth-order valence-corrected chi connectivity index (χ4v) is 4.04. The molecule has 2 aromatic carbocycles. The van der Waals surface area contributed by atoms with Gasteiger partial charge in [-0.3, -0.25) is 4.79 Å². The first-order chi connectivity index (χ1) is 13.6. The maximum absolute atomic E-state index is 13.2. The summed E-state index contributed by atoms with van der Waals surface area (Å²) in [5.74, 6) is 0.120. The molecule has 0 spiro atoms. The summed E-state index contributed by atoms with van der Waals surface area (Å²) in [6, 6.07) is 16.7. The Morgan fingerprint density at radius 3 is 2.71 bits per heavy atom. The standard InChI is InChI=1S/C23H26N4O/c1-3-26(14-6-13-24)18-11-12-19(16(2)15-18)22-25-21-8-5-4-7-20(21)23(28)27(22)17-9-10-17/h4-5,7-8,11-12,15,17,22,25H,3,6,9-10,14H2,1-2H3/t22-/m0/s1. The zero-order valence-corrected chi connectivity index (χ0v) is 16.5. The van der Waals surface area contributed by atoms with Crippen LogP contribution in [0, 0.1) is 18.3 Å². The molecule has 1 N–H and O–H groups in total. The highest BCUT2D eigenvalue weighted by Crippen LogP contribution is 2.41. The van der Waals surface area contributed by atoms with E-state index in [-0.39, 0.29) is 12.1 Å². The summed E-state index contributed by atoms with van der Waals surface area (Å²) < 4.78 is 0. The lowest BCUT2D eigenvalue weighted by atomic mass is 9.99. The number of carbonyl (C=O) groups is 1. The number of carbonyl (C=O) groups excluding carboxylic acids is 1. The van der Waals surface area contributed by atoms with Gasteiger partial charge in [0.2, 0.25) is 0 Å². The van der Waals surface area contributed by atoms with Gasteiger partial charge in [0.1, 0.15) is 6.17 Å².